The molecule has 0 aliphatic rings. The number of hydrogen-bond donors (Lipinski definition) is 3. The van der Waals surface area contributed by atoms with E-state index in [0.717, 1.165) is 38.6 Å². The fourth-order valence-corrected chi connectivity index (χ4v) is 4.18. The Kier molecular flexibility index (Phi) is 6.74. The number of anilines is 1. The Balaban J connectivity index is 1.39. The summed E-state index contributed by atoms with van der Waals surface area (Å²) in [7, 11) is 0. The molecule has 4 heterocycles. The van der Waals surface area contributed by atoms with Crippen molar-refractivity contribution in [3.05, 3.63) is 85.1 Å². The van der Waals surface area contributed by atoms with E-state index in [1.807, 2.05) is 48.7 Å². The highest BCUT2D eigenvalue weighted by Crippen LogP contribution is 2.23. The quantitative estimate of drug-likeness (QED) is 0.288. The standard InChI is InChI=1S/C29H28N6O3/c1-29(2,3)38-28(37)35-26(13-19-16-32-25-7-5-4-6-22(19)25)27(36)33-21-12-20(15-31-17-21)23-9-8-18-14-30-11-10-24(18)34-23/h4-12,14-17,26,32H,13H2,1-3H3,(H,33,36)(H,35,37)/t26-/m0/s1. The number of aromatic amines is 1. The fraction of sp³-hybridized carbons (Fsp3) is 0.207. The van der Waals surface area contributed by atoms with Gasteiger partial charge in [-0.3, -0.25) is 14.8 Å². The molecule has 0 radical (unpaired) electrons. The maximum absolute atomic E-state index is 13.5. The molecular formula is C29H28N6O3. The zero-order valence-corrected chi connectivity index (χ0v) is 21.4. The summed E-state index contributed by atoms with van der Waals surface area (Å²) < 4.78 is 5.42. The molecule has 0 spiro atoms. The molecule has 0 saturated carbocycles. The first-order valence-corrected chi connectivity index (χ1v) is 12.3. The van der Waals surface area contributed by atoms with Crippen LogP contribution in [-0.2, 0) is 16.0 Å². The van der Waals surface area contributed by atoms with Crippen molar-refractivity contribution in [1.82, 2.24) is 25.3 Å². The van der Waals surface area contributed by atoms with Gasteiger partial charge in [0, 0.05) is 53.1 Å². The summed E-state index contributed by atoms with van der Waals surface area (Å²) >= 11 is 0. The van der Waals surface area contributed by atoms with Crippen LogP contribution in [0, 0.1) is 0 Å². The number of nitrogens with zero attached hydrogens (tertiary/aromatic N) is 3. The number of amides is 2. The molecule has 5 aromatic rings. The number of ether oxygens (including phenoxy) is 1. The van der Waals surface area contributed by atoms with Crippen LogP contribution in [0.25, 0.3) is 33.1 Å². The van der Waals surface area contributed by atoms with Crippen LogP contribution in [0.15, 0.2) is 79.5 Å². The number of carbonyl (C=O) groups excluding carboxylic acids is 2. The van der Waals surface area contributed by atoms with Gasteiger partial charge in [-0.05, 0) is 56.7 Å². The SMILES string of the molecule is CC(C)(C)OC(=O)N[C@@H](Cc1c[nH]c2ccccc12)C(=O)Nc1cncc(-c2ccc3cnccc3n2)c1. The number of para-hydroxylation sites is 1. The topological polar surface area (TPSA) is 122 Å². The van der Waals surface area contributed by atoms with E-state index in [1.54, 1.807) is 51.6 Å². The normalized spacial score (nSPS) is 12.3. The predicted molar refractivity (Wildman–Crippen MR) is 147 cm³/mol. The van der Waals surface area contributed by atoms with Crippen LogP contribution in [0.4, 0.5) is 10.5 Å². The van der Waals surface area contributed by atoms with Gasteiger partial charge in [0.2, 0.25) is 5.91 Å². The highest BCUT2D eigenvalue weighted by Gasteiger charge is 2.26. The third-order valence-electron chi connectivity index (χ3n) is 5.90. The smallest absolute Gasteiger partial charge is 0.408 e. The molecule has 38 heavy (non-hydrogen) atoms. The Morgan fingerprint density at radius 1 is 1.03 bits per heavy atom. The van der Waals surface area contributed by atoms with Crippen LogP contribution < -0.4 is 10.6 Å². The average Bonchev–Trinajstić information content (AvgIpc) is 3.30. The Morgan fingerprint density at radius 3 is 2.71 bits per heavy atom. The van der Waals surface area contributed by atoms with Gasteiger partial charge in [0.25, 0.3) is 0 Å². The first-order chi connectivity index (χ1) is 18.2. The fourth-order valence-electron chi connectivity index (χ4n) is 4.18. The number of carbonyl (C=O) groups is 2. The van der Waals surface area contributed by atoms with Crippen molar-refractivity contribution in [2.24, 2.45) is 0 Å². The second-order valence-corrected chi connectivity index (χ2v) is 9.98. The number of nitrogens with one attached hydrogen (secondary N) is 3. The highest BCUT2D eigenvalue weighted by atomic mass is 16.6. The molecule has 3 N–H and O–H groups in total. The number of alkyl carbamates (subject to hydrolysis) is 1. The van der Waals surface area contributed by atoms with Gasteiger partial charge in [-0.25, -0.2) is 9.78 Å². The van der Waals surface area contributed by atoms with E-state index < -0.39 is 23.6 Å². The maximum atomic E-state index is 13.5. The third kappa shape index (κ3) is 5.78. The molecule has 0 aliphatic heterocycles. The Hall–Kier alpha value is -4.79. The zero-order valence-electron chi connectivity index (χ0n) is 21.4. The molecule has 9 nitrogen and oxygen atoms in total. The number of rotatable bonds is 6. The van der Waals surface area contributed by atoms with Crippen LogP contribution in [0.2, 0.25) is 0 Å². The average molecular weight is 509 g/mol. The van der Waals surface area contributed by atoms with E-state index in [9.17, 15) is 9.59 Å². The van der Waals surface area contributed by atoms with Crippen LogP contribution >= 0.6 is 0 Å². The van der Waals surface area contributed by atoms with Crippen LogP contribution in [-0.4, -0.2) is 43.6 Å². The highest BCUT2D eigenvalue weighted by molar-refractivity contribution is 5.97. The summed E-state index contributed by atoms with van der Waals surface area (Å²) in [5.74, 6) is -0.391. The van der Waals surface area contributed by atoms with Crippen molar-refractivity contribution in [1.29, 1.82) is 0 Å². The minimum Gasteiger partial charge on any atom is -0.444 e. The molecule has 0 fully saturated rings. The van der Waals surface area contributed by atoms with Crippen LogP contribution in [0.3, 0.4) is 0 Å². The molecular weight excluding hydrogens is 480 g/mol. The van der Waals surface area contributed by atoms with Gasteiger partial charge in [0.05, 0.1) is 23.1 Å². The number of H-pyrrole nitrogens is 1. The third-order valence-corrected chi connectivity index (χ3v) is 5.90. The van der Waals surface area contributed by atoms with Crippen molar-refractivity contribution in [2.75, 3.05) is 5.32 Å². The molecule has 192 valence electrons. The Labute approximate surface area is 219 Å². The molecule has 1 atom stereocenters. The van der Waals surface area contributed by atoms with Gasteiger partial charge in [-0.2, -0.15) is 0 Å². The number of pyridine rings is 3. The minimum atomic E-state index is -0.890. The van der Waals surface area contributed by atoms with Crippen LogP contribution in [0.1, 0.15) is 26.3 Å². The van der Waals surface area contributed by atoms with E-state index in [0.29, 0.717) is 5.69 Å². The Morgan fingerprint density at radius 2 is 1.87 bits per heavy atom. The Bertz CT molecular complexity index is 1620. The van der Waals surface area contributed by atoms with Crippen molar-refractivity contribution in [3.8, 4) is 11.3 Å². The first kappa shape index (κ1) is 24.9. The molecule has 0 saturated heterocycles. The van der Waals surface area contributed by atoms with E-state index >= 15 is 0 Å². The lowest BCUT2D eigenvalue weighted by atomic mass is 10.0. The van der Waals surface area contributed by atoms with Gasteiger partial charge in [-0.15, -0.1) is 0 Å². The second kappa shape index (κ2) is 10.3. The molecule has 0 bridgehead atoms. The summed E-state index contributed by atoms with van der Waals surface area (Å²) in [4.78, 5) is 42.4. The minimum absolute atomic E-state index is 0.266. The number of hydrogen-bond acceptors (Lipinski definition) is 6. The lowest BCUT2D eigenvalue weighted by Gasteiger charge is -2.23. The van der Waals surface area contributed by atoms with Gasteiger partial charge in [0.1, 0.15) is 11.6 Å². The lowest BCUT2D eigenvalue weighted by molar-refractivity contribution is -0.118. The first-order valence-electron chi connectivity index (χ1n) is 12.3. The largest absolute Gasteiger partial charge is 0.444 e. The molecule has 2 amide bonds. The number of fused-ring (bicyclic) bond motifs is 2. The summed E-state index contributed by atoms with van der Waals surface area (Å²) in [6.07, 6.45) is 8.15. The molecule has 0 aliphatic carbocycles. The molecule has 5 rings (SSSR count). The summed E-state index contributed by atoms with van der Waals surface area (Å²) in [5.41, 5.74) is 3.91. The van der Waals surface area contributed by atoms with E-state index in [4.69, 9.17) is 4.74 Å². The molecule has 0 unspecified atom stereocenters. The van der Waals surface area contributed by atoms with E-state index in [2.05, 4.69) is 30.6 Å². The van der Waals surface area contributed by atoms with Gasteiger partial charge in [0.15, 0.2) is 0 Å². The van der Waals surface area contributed by atoms with Crippen molar-refractivity contribution in [3.63, 3.8) is 0 Å². The molecule has 1 aromatic carbocycles. The monoisotopic (exact) mass is 508 g/mol. The molecule has 4 aromatic heterocycles. The van der Waals surface area contributed by atoms with Gasteiger partial charge >= 0.3 is 6.09 Å². The summed E-state index contributed by atoms with van der Waals surface area (Å²) in [6, 6.07) is 14.4. The summed E-state index contributed by atoms with van der Waals surface area (Å²) in [5, 5.41) is 7.55. The van der Waals surface area contributed by atoms with Gasteiger partial charge in [-0.1, -0.05) is 18.2 Å². The summed E-state index contributed by atoms with van der Waals surface area (Å²) in [6.45, 7) is 5.32. The van der Waals surface area contributed by atoms with Crippen LogP contribution in [0.5, 0.6) is 0 Å². The lowest BCUT2D eigenvalue weighted by Crippen LogP contribution is -2.47. The van der Waals surface area contributed by atoms with Crippen molar-refractivity contribution in [2.45, 2.75) is 38.8 Å². The number of aromatic nitrogens is 4. The van der Waals surface area contributed by atoms with Crippen molar-refractivity contribution >= 4 is 39.5 Å². The van der Waals surface area contributed by atoms with Gasteiger partial charge < -0.3 is 20.4 Å². The van der Waals surface area contributed by atoms with Crippen molar-refractivity contribution < 1.29 is 14.3 Å². The number of benzene rings is 1. The molecule has 9 heteroatoms. The predicted octanol–water partition coefficient (Wildman–Crippen LogP) is 5.25. The maximum Gasteiger partial charge on any atom is 0.408 e. The van der Waals surface area contributed by atoms with E-state index in [-0.39, 0.29) is 6.42 Å². The zero-order chi connectivity index (χ0) is 26.7. The second-order valence-electron chi connectivity index (χ2n) is 9.98. The van der Waals surface area contributed by atoms with E-state index in [1.165, 1.54) is 0 Å².